The van der Waals surface area contributed by atoms with Crippen molar-refractivity contribution in [2.75, 3.05) is 0 Å². The Labute approximate surface area is 334 Å². The lowest BCUT2D eigenvalue weighted by Crippen LogP contribution is -2.00. The van der Waals surface area contributed by atoms with Crippen LogP contribution >= 0.6 is 0 Å². The molecule has 3 nitrogen and oxygen atoms in total. The van der Waals surface area contributed by atoms with Crippen molar-refractivity contribution >= 4 is 64.6 Å². The Kier molecular flexibility index (Phi) is 7.23. The van der Waals surface area contributed by atoms with E-state index in [9.17, 15) is 0 Å². The van der Waals surface area contributed by atoms with Crippen LogP contribution in [0.5, 0.6) is 0 Å². The minimum Gasteiger partial charge on any atom is -0.208 e. The molecule has 0 aliphatic rings. The van der Waals surface area contributed by atoms with Gasteiger partial charge in [-0.2, -0.15) is 0 Å². The second-order valence-electron chi connectivity index (χ2n) is 15.2. The summed E-state index contributed by atoms with van der Waals surface area (Å²) in [4.78, 5) is 15.1. The zero-order valence-electron chi connectivity index (χ0n) is 31.4. The van der Waals surface area contributed by atoms with Crippen LogP contribution < -0.4 is 0 Å². The van der Waals surface area contributed by atoms with Crippen molar-refractivity contribution in [1.82, 2.24) is 15.0 Å². The van der Waals surface area contributed by atoms with Crippen molar-refractivity contribution in [3.05, 3.63) is 200 Å². The lowest BCUT2D eigenvalue weighted by molar-refractivity contribution is 1.07. The second kappa shape index (κ2) is 12.9. The third-order valence-electron chi connectivity index (χ3n) is 11.8. The monoisotopic (exact) mass is 735 g/mol. The fourth-order valence-corrected chi connectivity index (χ4v) is 9.06. The van der Waals surface area contributed by atoms with Gasteiger partial charge in [0.15, 0.2) is 17.5 Å². The molecule has 0 fully saturated rings. The Balaban J connectivity index is 1.03. The molecule has 11 aromatic carbocycles. The van der Waals surface area contributed by atoms with Gasteiger partial charge in [-0.1, -0.05) is 188 Å². The number of fused-ring (bicyclic) bond motifs is 2. The van der Waals surface area contributed by atoms with Crippen LogP contribution in [0, 0.1) is 0 Å². The van der Waals surface area contributed by atoms with E-state index in [1.54, 1.807) is 0 Å². The highest BCUT2D eigenvalue weighted by molar-refractivity contribution is 6.37. The van der Waals surface area contributed by atoms with Crippen molar-refractivity contribution in [3.8, 4) is 56.4 Å². The van der Waals surface area contributed by atoms with E-state index in [-0.39, 0.29) is 0 Å². The smallest absolute Gasteiger partial charge is 0.164 e. The summed E-state index contributed by atoms with van der Waals surface area (Å²) in [5, 5.41) is 15.3. The van der Waals surface area contributed by atoms with E-state index in [0.717, 1.165) is 27.8 Å². The SMILES string of the molecule is c1ccc(-c2ccc(-c3nc(-c4ccccc4)nc(-c4ccc(-c5cc6ccc7cccc8c9cccc%10ccc%11cccc(c(c5)c6c78)c%11c%109)cc4)n3)cc2)cc1. The largest absolute Gasteiger partial charge is 0.208 e. The highest BCUT2D eigenvalue weighted by Crippen LogP contribution is 2.44. The minimum atomic E-state index is 0.640. The summed E-state index contributed by atoms with van der Waals surface area (Å²) in [5.74, 6) is 1.93. The van der Waals surface area contributed by atoms with E-state index in [1.165, 1.54) is 75.8 Å². The van der Waals surface area contributed by atoms with E-state index in [2.05, 4.69) is 164 Å². The highest BCUT2D eigenvalue weighted by atomic mass is 15.0. The molecule has 3 heteroatoms. The fourth-order valence-electron chi connectivity index (χ4n) is 9.06. The van der Waals surface area contributed by atoms with E-state index in [0.29, 0.717) is 17.5 Å². The van der Waals surface area contributed by atoms with E-state index in [4.69, 9.17) is 15.0 Å². The zero-order valence-corrected chi connectivity index (χ0v) is 31.4. The summed E-state index contributed by atoms with van der Waals surface area (Å²) in [6.45, 7) is 0. The molecule has 0 unspecified atom stereocenters. The van der Waals surface area contributed by atoms with Gasteiger partial charge in [0.05, 0.1) is 0 Å². The van der Waals surface area contributed by atoms with Gasteiger partial charge < -0.3 is 0 Å². The van der Waals surface area contributed by atoms with Crippen LogP contribution in [0.4, 0.5) is 0 Å². The molecule has 0 saturated carbocycles. The quantitative estimate of drug-likeness (QED) is 0.165. The third-order valence-corrected chi connectivity index (χ3v) is 11.8. The predicted octanol–water partition coefficient (Wildman–Crippen LogP) is 14.6. The summed E-state index contributed by atoms with van der Waals surface area (Å²) in [7, 11) is 0. The Morgan fingerprint density at radius 3 is 1.03 bits per heavy atom. The Morgan fingerprint density at radius 1 is 0.207 bits per heavy atom. The number of hydrogen-bond donors (Lipinski definition) is 0. The zero-order chi connectivity index (χ0) is 38.2. The van der Waals surface area contributed by atoms with Crippen molar-refractivity contribution in [2.24, 2.45) is 0 Å². The normalized spacial score (nSPS) is 11.8. The van der Waals surface area contributed by atoms with Crippen molar-refractivity contribution < 1.29 is 0 Å². The van der Waals surface area contributed by atoms with Crippen molar-refractivity contribution in [1.29, 1.82) is 0 Å². The standard InChI is InChI=1S/C55H33N3/c1-3-10-34(11-4-1)35-20-27-41(28-21-35)54-56-53(40-12-5-2-6-13-40)57-55(58-54)42-29-22-36(23-30-42)44-32-43-31-26-39-15-8-18-46-45-17-7-14-37-24-25-38-16-9-19-47(51(38)49(37)45)48(33-44)52(43)50(39)46/h1-33H. The summed E-state index contributed by atoms with van der Waals surface area (Å²) in [6.07, 6.45) is 0. The summed E-state index contributed by atoms with van der Waals surface area (Å²) in [6, 6.07) is 71.9. The van der Waals surface area contributed by atoms with Crippen LogP contribution in [0.3, 0.4) is 0 Å². The average Bonchev–Trinajstić information content (AvgIpc) is 3.30. The van der Waals surface area contributed by atoms with Gasteiger partial charge in [-0.15, -0.1) is 0 Å². The van der Waals surface area contributed by atoms with E-state index < -0.39 is 0 Å². The molecule has 0 radical (unpaired) electrons. The average molecular weight is 736 g/mol. The summed E-state index contributed by atoms with van der Waals surface area (Å²) >= 11 is 0. The first-order chi connectivity index (χ1) is 28.7. The van der Waals surface area contributed by atoms with Crippen LogP contribution in [0.2, 0.25) is 0 Å². The molecular formula is C55H33N3. The second-order valence-corrected chi connectivity index (χ2v) is 15.2. The molecule has 0 spiro atoms. The number of hydrogen-bond acceptors (Lipinski definition) is 3. The molecule has 1 aromatic heterocycles. The number of aromatic nitrogens is 3. The van der Waals surface area contributed by atoms with Crippen molar-refractivity contribution in [3.63, 3.8) is 0 Å². The highest BCUT2D eigenvalue weighted by Gasteiger charge is 2.17. The van der Waals surface area contributed by atoms with E-state index in [1.807, 2.05) is 36.4 Å². The lowest BCUT2D eigenvalue weighted by atomic mass is 9.86. The van der Waals surface area contributed by atoms with Gasteiger partial charge >= 0.3 is 0 Å². The van der Waals surface area contributed by atoms with Crippen LogP contribution in [0.25, 0.3) is 121 Å². The molecule has 12 aromatic rings. The molecule has 12 rings (SSSR count). The molecule has 0 bridgehead atoms. The van der Waals surface area contributed by atoms with Crippen LogP contribution in [0.15, 0.2) is 200 Å². The Hall–Kier alpha value is -7.75. The van der Waals surface area contributed by atoms with Gasteiger partial charge in [0, 0.05) is 16.7 Å². The van der Waals surface area contributed by atoms with Crippen molar-refractivity contribution in [2.45, 2.75) is 0 Å². The molecule has 268 valence electrons. The Morgan fingerprint density at radius 2 is 0.552 bits per heavy atom. The topological polar surface area (TPSA) is 38.7 Å². The molecule has 0 aliphatic carbocycles. The van der Waals surface area contributed by atoms with Gasteiger partial charge in [0.2, 0.25) is 0 Å². The Bertz CT molecular complexity index is 3520. The van der Waals surface area contributed by atoms with Gasteiger partial charge in [0.1, 0.15) is 0 Å². The molecule has 0 amide bonds. The maximum absolute atomic E-state index is 5.06. The first kappa shape index (κ1) is 32.5. The third kappa shape index (κ3) is 5.18. The molecule has 0 aliphatic heterocycles. The first-order valence-electron chi connectivity index (χ1n) is 19.8. The molecule has 58 heavy (non-hydrogen) atoms. The summed E-state index contributed by atoms with van der Waals surface area (Å²) < 4.78 is 0. The summed E-state index contributed by atoms with van der Waals surface area (Å²) in [5.41, 5.74) is 7.46. The maximum Gasteiger partial charge on any atom is 0.164 e. The minimum absolute atomic E-state index is 0.640. The van der Waals surface area contributed by atoms with Crippen LogP contribution in [0.1, 0.15) is 0 Å². The molecule has 0 atom stereocenters. The first-order valence-corrected chi connectivity index (χ1v) is 19.8. The predicted molar refractivity (Wildman–Crippen MR) is 243 cm³/mol. The van der Waals surface area contributed by atoms with Crippen LogP contribution in [-0.2, 0) is 0 Å². The van der Waals surface area contributed by atoms with Gasteiger partial charge in [-0.05, 0) is 99.0 Å². The van der Waals surface area contributed by atoms with E-state index >= 15 is 0 Å². The molecule has 1 heterocycles. The molecular weight excluding hydrogens is 703 g/mol. The fraction of sp³-hybridized carbons (Fsp3) is 0. The van der Waals surface area contributed by atoms with Crippen LogP contribution in [-0.4, -0.2) is 15.0 Å². The number of rotatable bonds is 5. The van der Waals surface area contributed by atoms with Gasteiger partial charge in [0.25, 0.3) is 0 Å². The van der Waals surface area contributed by atoms with Gasteiger partial charge in [-0.3, -0.25) is 0 Å². The molecule has 0 saturated heterocycles. The number of nitrogens with zero attached hydrogens (tertiary/aromatic N) is 3. The molecule has 0 N–H and O–H groups in total. The maximum atomic E-state index is 5.06. The number of benzene rings is 10. The lowest BCUT2D eigenvalue weighted by Gasteiger charge is -2.17. The van der Waals surface area contributed by atoms with Gasteiger partial charge in [-0.25, -0.2) is 15.0 Å².